The second-order valence-electron chi connectivity index (χ2n) is 0.869. The minimum atomic E-state index is -3.70. The van der Waals surface area contributed by atoms with Gasteiger partial charge in [-0.05, 0) is 0 Å². The van der Waals surface area contributed by atoms with Crippen LogP contribution in [0.1, 0.15) is 0 Å². The van der Waals surface area contributed by atoms with E-state index < -0.39 is 28.3 Å². The third kappa shape index (κ3) is 24.6. The van der Waals surface area contributed by atoms with Crippen LogP contribution in [0.3, 0.4) is 0 Å². The summed E-state index contributed by atoms with van der Waals surface area (Å²) in [7, 11) is 0. The molecule has 0 saturated carbocycles. The molecule has 0 unspecified atom stereocenters. The van der Waals surface area contributed by atoms with E-state index in [9.17, 15) is 18.1 Å². The van der Waals surface area contributed by atoms with Crippen LogP contribution in [-0.4, -0.2) is 28.3 Å². The Balaban J connectivity index is -0.0000000817. The summed E-state index contributed by atoms with van der Waals surface area (Å²) >= 11 is -3.70. The number of rotatable bonds is 3. The summed E-state index contributed by atoms with van der Waals surface area (Å²) < 4.78 is 22.7. The summed E-state index contributed by atoms with van der Waals surface area (Å²) in [6.07, 6.45) is 0. The van der Waals surface area contributed by atoms with Gasteiger partial charge >= 0.3 is 139 Å². The molecule has 11 heavy (non-hydrogen) atoms. The van der Waals surface area contributed by atoms with Gasteiger partial charge < -0.3 is 0 Å². The van der Waals surface area contributed by atoms with Crippen molar-refractivity contribution in [2.24, 2.45) is 0 Å². The van der Waals surface area contributed by atoms with Crippen LogP contribution >= 0.6 is 0 Å². The van der Waals surface area contributed by atoms with E-state index in [-0.39, 0.29) is 88.7 Å². The maximum Gasteiger partial charge on any atom is 1.00 e. The molecule has 0 atom stereocenters. The van der Waals surface area contributed by atoms with Crippen LogP contribution in [-0.2, 0) is 8.52 Å². The van der Waals surface area contributed by atoms with Crippen LogP contribution < -0.4 is 102 Å². The molecule has 0 N–H and O–H groups in total. The second-order valence-corrected chi connectivity index (χ2v) is 2.35. The molecular formula is C2H2AsNa3O5. The zero-order valence-electron chi connectivity index (χ0n) is 6.70. The molecule has 0 aromatic heterocycles. The van der Waals surface area contributed by atoms with Crippen LogP contribution in [0, 0.1) is 0 Å². The molecule has 0 saturated heterocycles. The van der Waals surface area contributed by atoms with Crippen LogP contribution in [0.25, 0.3) is 0 Å². The predicted octanol–water partition coefficient (Wildman–Crippen LogP) is -13.5. The van der Waals surface area contributed by atoms with Gasteiger partial charge in [-0.1, -0.05) is 0 Å². The van der Waals surface area contributed by atoms with Gasteiger partial charge in [-0.2, -0.15) is 0 Å². The molecule has 0 aliphatic carbocycles. The Labute approximate surface area is 136 Å². The van der Waals surface area contributed by atoms with Crippen molar-refractivity contribution in [3.05, 3.63) is 0 Å². The van der Waals surface area contributed by atoms with Crippen LogP contribution in [0.15, 0.2) is 0 Å². The third-order valence-corrected chi connectivity index (χ3v) is 1.00. The van der Waals surface area contributed by atoms with E-state index in [0.717, 1.165) is 0 Å². The first kappa shape index (κ1) is 23.6. The van der Waals surface area contributed by atoms with Crippen LogP contribution in [0.5, 0.6) is 0 Å². The Bertz CT molecular complexity index is 89.8. The number of carboxylic acids is 1. The van der Waals surface area contributed by atoms with Gasteiger partial charge in [0, 0.05) is 0 Å². The first-order chi connectivity index (χ1) is 3.63. The van der Waals surface area contributed by atoms with Gasteiger partial charge in [0.25, 0.3) is 0 Å². The van der Waals surface area contributed by atoms with Crippen molar-refractivity contribution < 1.29 is 110 Å². The molecule has 0 spiro atoms. The monoisotopic (exact) mass is 250 g/mol. The molecule has 5 nitrogen and oxygen atoms in total. The first-order valence-electron chi connectivity index (χ1n) is 1.60. The Hall–Kier alpha value is 2.91. The zero-order chi connectivity index (χ0) is 6.57. The summed E-state index contributed by atoms with van der Waals surface area (Å²) in [5, 5.41) is 9.41. The molecule has 0 bridgehead atoms. The smallest absolute Gasteiger partial charge is 1.00 e. The van der Waals surface area contributed by atoms with E-state index in [4.69, 9.17) is 0 Å². The van der Waals surface area contributed by atoms with Gasteiger partial charge in [-0.15, -0.1) is 0 Å². The Morgan fingerprint density at radius 3 is 1.73 bits per heavy atom. The fraction of sp³-hybridized carbons (Fsp3) is 0.500. The average molecular weight is 250 g/mol. The van der Waals surface area contributed by atoms with Gasteiger partial charge in [-0.25, -0.2) is 0 Å². The first-order valence-corrected chi connectivity index (χ1v) is 3.90. The number of carbonyl (C=O) groups excluding carboxylic acids is 1. The molecule has 9 heteroatoms. The molecule has 0 radical (unpaired) electrons. The summed E-state index contributed by atoms with van der Waals surface area (Å²) in [5.41, 5.74) is 0. The number of hydrogen-bond donors (Lipinski definition) is 0. The van der Waals surface area contributed by atoms with E-state index in [0.29, 0.717) is 0 Å². The number of hydrogen-bond acceptors (Lipinski definition) is 5. The second kappa shape index (κ2) is 15.4. The summed E-state index contributed by atoms with van der Waals surface area (Å²) in [6.45, 7) is -0.868. The molecule has 0 amide bonds. The molecule has 0 aliphatic rings. The average Bonchev–Trinajstić information content (AvgIpc) is 1.61. The van der Waals surface area contributed by atoms with Crippen molar-refractivity contribution in [3.63, 3.8) is 0 Å². The van der Waals surface area contributed by atoms with Crippen molar-refractivity contribution >= 4 is 21.6 Å². The van der Waals surface area contributed by atoms with Gasteiger partial charge in [0.2, 0.25) is 0 Å². The molecule has 0 heterocycles. The van der Waals surface area contributed by atoms with E-state index in [1.54, 1.807) is 0 Å². The van der Waals surface area contributed by atoms with Crippen molar-refractivity contribution in [2.75, 3.05) is 6.61 Å². The predicted molar refractivity (Wildman–Crippen MR) is 16.7 cm³/mol. The van der Waals surface area contributed by atoms with Crippen LogP contribution in [0.2, 0.25) is 0 Å². The normalized spacial score (nSPS) is 7.18. The fourth-order valence-electron chi connectivity index (χ4n) is 0.105. The largest absolute Gasteiger partial charge is 1.00 e. The van der Waals surface area contributed by atoms with Crippen molar-refractivity contribution in [1.29, 1.82) is 0 Å². The van der Waals surface area contributed by atoms with E-state index in [1.165, 1.54) is 0 Å². The fourth-order valence-corrected chi connectivity index (χ4v) is 0.548. The van der Waals surface area contributed by atoms with Crippen molar-refractivity contribution in [1.82, 2.24) is 0 Å². The van der Waals surface area contributed by atoms with E-state index in [2.05, 4.69) is 3.73 Å². The molecule has 0 rings (SSSR count). The number of aliphatic carboxylic acids is 1. The van der Waals surface area contributed by atoms with Gasteiger partial charge in [-0.3, -0.25) is 0 Å². The number of carbonyl (C=O) groups is 1. The minimum Gasteiger partial charge on any atom is 1.00 e. The summed E-state index contributed by atoms with van der Waals surface area (Å²) in [4.78, 5) is 9.41. The third-order valence-electron chi connectivity index (χ3n) is 0.288. The SMILES string of the molecule is O=C([O-])CO[As]([O-])[O-].[Na+].[Na+].[Na+]. The topological polar surface area (TPSA) is 95.5 Å². The number of carboxylic acid groups (broad SMARTS) is 1. The van der Waals surface area contributed by atoms with Gasteiger partial charge in [0.15, 0.2) is 0 Å². The Morgan fingerprint density at radius 1 is 1.27 bits per heavy atom. The van der Waals surface area contributed by atoms with Crippen LogP contribution in [0.4, 0.5) is 0 Å². The van der Waals surface area contributed by atoms with Gasteiger partial charge in [0.05, 0.1) is 0 Å². The van der Waals surface area contributed by atoms with E-state index >= 15 is 0 Å². The van der Waals surface area contributed by atoms with Crippen molar-refractivity contribution in [3.8, 4) is 0 Å². The Morgan fingerprint density at radius 2 is 1.64 bits per heavy atom. The molecular weight excluding hydrogens is 248 g/mol. The molecule has 0 aromatic rings. The standard InChI is InChI=1S/C2H3AsO5.3Na/c4-2(5)1-8-3(6)7;;;/h1H2,(H,4,5);;;/q-2;3*+1/p-1. The molecule has 0 fully saturated rings. The van der Waals surface area contributed by atoms with Gasteiger partial charge in [0.1, 0.15) is 0 Å². The Kier molecular flexibility index (Phi) is 33.0. The van der Waals surface area contributed by atoms with E-state index in [1.807, 2.05) is 0 Å². The molecule has 0 aromatic carbocycles. The quantitative estimate of drug-likeness (QED) is 0.463. The molecule has 0 aliphatic heterocycles. The maximum absolute atomic E-state index is 9.51. The maximum atomic E-state index is 9.51. The summed E-state index contributed by atoms with van der Waals surface area (Å²) in [5.74, 6) is -1.53. The van der Waals surface area contributed by atoms with Crippen molar-refractivity contribution in [2.45, 2.75) is 0 Å². The molecule has 48 valence electrons. The summed E-state index contributed by atoms with van der Waals surface area (Å²) in [6, 6.07) is 0. The minimum absolute atomic E-state index is 0. The zero-order valence-corrected chi connectivity index (χ0v) is 14.6.